The molecule has 0 bridgehead atoms. The van der Waals surface area contributed by atoms with Crippen molar-refractivity contribution < 1.29 is 14.2 Å². The Morgan fingerprint density at radius 1 is 1.20 bits per heavy atom. The summed E-state index contributed by atoms with van der Waals surface area (Å²) in [7, 11) is 3.18. The summed E-state index contributed by atoms with van der Waals surface area (Å²) < 4.78 is 15.9. The molecule has 4 nitrogen and oxygen atoms in total. The molecule has 4 heteroatoms. The lowest BCUT2D eigenvalue weighted by atomic mass is 10.3. The summed E-state index contributed by atoms with van der Waals surface area (Å²) in [6.07, 6.45) is 0. The molecule has 0 aliphatic carbocycles. The van der Waals surface area contributed by atoms with Crippen molar-refractivity contribution in [3.8, 4) is 17.2 Å². The van der Waals surface area contributed by atoms with E-state index >= 15 is 0 Å². The van der Waals surface area contributed by atoms with Crippen LogP contribution in [0, 0.1) is 0 Å². The van der Waals surface area contributed by atoms with E-state index in [1.165, 1.54) is 0 Å². The van der Waals surface area contributed by atoms with Gasteiger partial charge in [0.25, 0.3) is 0 Å². The van der Waals surface area contributed by atoms with Crippen molar-refractivity contribution >= 4 is 0 Å². The molecule has 0 fully saturated rings. The van der Waals surface area contributed by atoms with Gasteiger partial charge in [0.1, 0.15) is 6.61 Å². The Labute approximate surface area is 89.9 Å². The van der Waals surface area contributed by atoms with Gasteiger partial charge in [-0.05, 0) is 19.1 Å². The van der Waals surface area contributed by atoms with Gasteiger partial charge in [0.15, 0.2) is 11.5 Å². The minimum absolute atomic E-state index is 0.0281. The van der Waals surface area contributed by atoms with Crippen molar-refractivity contribution in [1.29, 1.82) is 0 Å². The van der Waals surface area contributed by atoms with E-state index in [9.17, 15) is 0 Å². The molecular weight excluding hydrogens is 194 g/mol. The molecule has 1 unspecified atom stereocenters. The summed E-state index contributed by atoms with van der Waals surface area (Å²) in [5.74, 6) is 1.89. The second-order valence-corrected chi connectivity index (χ2v) is 3.28. The minimum Gasteiger partial charge on any atom is -0.493 e. The Hall–Kier alpha value is -1.42. The molecule has 0 amide bonds. The number of hydrogen-bond donors (Lipinski definition) is 1. The van der Waals surface area contributed by atoms with Crippen molar-refractivity contribution in [3.63, 3.8) is 0 Å². The van der Waals surface area contributed by atoms with Gasteiger partial charge in [0, 0.05) is 6.04 Å². The predicted molar refractivity (Wildman–Crippen MR) is 58.7 cm³/mol. The zero-order valence-electron chi connectivity index (χ0n) is 9.32. The standard InChI is InChI=1S/C11H17NO3/c1-8(12)7-15-11-9(13-2)5-4-6-10(11)14-3/h4-6,8H,7,12H2,1-3H3. The Balaban J connectivity index is 2.89. The van der Waals surface area contributed by atoms with E-state index in [1.54, 1.807) is 14.2 Å². The maximum atomic E-state index is 5.62. The third kappa shape index (κ3) is 3.02. The summed E-state index contributed by atoms with van der Waals surface area (Å²) in [6, 6.07) is 5.45. The molecule has 1 aromatic rings. The zero-order valence-corrected chi connectivity index (χ0v) is 9.32. The third-order valence-electron chi connectivity index (χ3n) is 1.87. The summed E-state index contributed by atoms with van der Waals surface area (Å²) in [5.41, 5.74) is 5.62. The van der Waals surface area contributed by atoms with E-state index in [2.05, 4.69) is 0 Å². The first-order valence-electron chi connectivity index (χ1n) is 4.78. The Kier molecular flexibility index (Phi) is 4.24. The largest absolute Gasteiger partial charge is 0.493 e. The number of ether oxygens (including phenoxy) is 3. The Morgan fingerprint density at radius 2 is 1.73 bits per heavy atom. The lowest BCUT2D eigenvalue weighted by molar-refractivity contribution is 0.261. The fourth-order valence-electron chi connectivity index (χ4n) is 1.17. The van der Waals surface area contributed by atoms with Crippen LogP contribution in [0.25, 0.3) is 0 Å². The molecule has 0 saturated heterocycles. The maximum Gasteiger partial charge on any atom is 0.203 e. The molecule has 1 atom stereocenters. The second-order valence-electron chi connectivity index (χ2n) is 3.28. The van der Waals surface area contributed by atoms with Gasteiger partial charge in [-0.3, -0.25) is 0 Å². The molecule has 1 aromatic carbocycles. The average Bonchev–Trinajstić information content (AvgIpc) is 2.25. The van der Waals surface area contributed by atoms with Gasteiger partial charge < -0.3 is 19.9 Å². The molecule has 0 saturated carbocycles. The number of benzene rings is 1. The SMILES string of the molecule is COc1cccc(OC)c1OCC(C)N. The number of methoxy groups -OCH3 is 2. The monoisotopic (exact) mass is 211 g/mol. The molecule has 0 aliphatic rings. The minimum atomic E-state index is -0.0281. The summed E-state index contributed by atoms with van der Waals surface area (Å²) in [6.45, 7) is 2.30. The lowest BCUT2D eigenvalue weighted by Crippen LogP contribution is -2.23. The van der Waals surface area contributed by atoms with Gasteiger partial charge in [-0.1, -0.05) is 6.07 Å². The number of hydrogen-bond acceptors (Lipinski definition) is 4. The molecule has 1 rings (SSSR count). The van der Waals surface area contributed by atoms with Crippen molar-refractivity contribution in [2.75, 3.05) is 20.8 Å². The van der Waals surface area contributed by atoms with E-state index < -0.39 is 0 Å². The van der Waals surface area contributed by atoms with Gasteiger partial charge in [0.05, 0.1) is 14.2 Å². The molecule has 0 aliphatic heterocycles. The van der Waals surface area contributed by atoms with Gasteiger partial charge in [-0.25, -0.2) is 0 Å². The van der Waals surface area contributed by atoms with Gasteiger partial charge in [-0.2, -0.15) is 0 Å². The zero-order chi connectivity index (χ0) is 11.3. The van der Waals surface area contributed by atoms with Crippen LogP contribution in [0.4, 0.5) is 0 Å². The van der Waals surface area contributed by atoms with Crippen molar-refractivity contribution in [2.24, 2.45) is 5.73 Å². The summed E-state index contributed by atoms with van der Waals surface area (Å²) >= 11 is 0. The number of para-hydroxylation sites is 1. The van der Waals surface area contributed by atoms with E-state index in [0.29, 0.717) is 23.9 Å². The van der Waals surface area contributed by atoms with Gasteiger partial charge in [0.2, 0.25) is 5.75 Å². The summed E-state index contributed by atoms with van der Waals surface area (Å²) in [4.78, 5) is 0. The van der Waals surface area contributed by atoms with E-state index in [0.717, 1.165) is 0 Å². The van der Waals surface area contributed by atoms with E-state index in [1.807, 2.05) is 25.1 Å². The first-order chi connectivity index (χ1) is 7.19. The smallest absolute Gasteiger partial charge is 0.203 e. The van der Waals surface area contributed by atoms with Crippen LogP contribution in [0.1, 0.15) is 6.92 Å². The molecule has 0 heterocycles. The number of nitrogens with two attached hydrogens (primary N) is 1. The van der Waals surface area contributed by atoms with Crippen LogP contribution in [0.5, 0.6) is 17.2 Å². The van der Waals surface area contributed by atoms with Gasteiger partial charge >= 0.3 is 0 Å². The summed E-state index contributed by atoms with van der Waals surface area (Å²) in [5, 5.41) is 0. The van der Waals surface area contributed by atoms with Crippen LogP contribution in [0.2, 0.25) is 0 Å². The maximum absolute atomic E-state index is 5.62. The van der Waals surface area contributed by atoms with Crippen molar-refractivity contribution in [3.05, 3.63) is 18.2 Å². The Morgan fingerprint density at radius 3 is 2.13 bits per heavy atom. The Bertz CT molecular complexity index is 290. The highest BCUT2D eigenvalue weighted by molar-refractivity contribution is 5.51. The van der Waals surface area contributed by atoms with Crippen LogP contribution in [0.3, 0.4) is 0 Å². The highest BCUT2D eigenvalue weighted by Crippen LogP contribution is 2.36. The molecule has 0 spiro atoms. The second kappa shape index (κ2) is 5.46. The predicted octanol–water partition coefficient (Wildman–Crippen LogP) is 1.43. The highest BCUT2D eigenvalue weighted by atomic mass is 16.5. The topological polar surface area (TPSA) is 53.7 Å². The first kappa shape index (κ1) is 11.7. The fourth-order valence-corrected chi connectivity index (χ4v) is 1.17. The normalized spacial score (nSPS) is 12.0. The molecule has 15 heavy (non-hydrogen) atoms. The highest BCUT2D eigenvalue weighted by Gasteiger charge is 2.11. The van der Waals surface area contributed by atoms with Crippen LogP contribution in [-0.4, -0.2) is 26.9 Å². The molecular formula is C11H17NO3. The van der Waals surface area contributed by atoms with Crippen molar-refractivity contribution in [1.82, 2.24) is 0 Å². The third-order valence-corrected chi connectivity index (χ3v) is 1.87. The van der Waals surface area contributed by atoms with Crippen LogP contribution < -0.4 is 19.9 Å². The molecule has 2 N–H and O–H groups in total. The van der Waals surface area contributed by atoms with E-state index in [-0.39, 0.29) is 6.04 Å². The first-order valence-corrected chi connectivity index (χ1v) is 4.78. The van der Waals surface area contributed by atoms with E-state index in [4.69, 9.17) is 19.9 Å². The molecule has 0 radical (unpaired) electrons. The van der Waals surface area contributed by atoms with Crippen LogP contribution in [0.15, 0.2) is 18.2 Å². The van der Waals surface area contributed by atoms with Gasteiger partial charge in [-0.15, -0.1) is 0 Å². The quantitative estimate of drug-likeness (QED) is 0.800. The lowest BCUT2D eigenvalue weighted by Gasteiger charge is -2.15. The fraction of sp³-hybridized carbons (Fsp3) is 0.455. The van der Waals surface area contributed by atoms with Crippen LogP contribution >= 0.6 is 0 Å². The molecule has 84 valence electrons. The molecule has 0 aromatic heterocycles. The van der Waals surface area contributed by atoms with Crippen LogP contribution in [-0.2, 0) is 0 Å². The van der Waals surface area contributed by atoms with Crippen molar-refractivity contribution in [2.45, 2.75) is 13.0 Å². The average molecular weight is 211 g/mol. The number of rotatable bonds is 5.